The molecule has 18 rings (SSSR count). The van der Waals surface area contributed by atoms with Gasteiger partial charge in [0.1, 0.15) is 46.0 Å². The van der Waals surface area contributed by atoms with E-state index in [0.29, 0.717) is 62.8 Å². The van der Waals surface area contributed by atoms with Gasteiger partial charge in [-0.3, -0.25) is 24.1 Å². The summed E-state index contributed by atoms with van der Waals surface area (Å²) in [6.45, 7) is 4.37. The van der Waals surface area contributed by atoms with E-state index in [0.717, 1.165) is 60.2 Å². The number of fused-ring (bicyclic) bond motifs is 10. The molecule has 0 radical (unpaired) electrons. The third-order valence-electron chi connectivity index (χ3n) is 20.5. The van der Waals surface area contributed by atoms with Crippen LogP contribution in [0.4, 0.5) is 5.69 Å². The lowest BCUT2D eigenvalue weighted by atomic mass is 9.67. The first kappa shape index (κ1) is 59.6. The second kappa shape index (κ2) is 23.1. The largest absolute Gasteiger partial charge is 0.457 e. The highest BCUT2D eigenvalue weighted by Gasteiger charge is 2.48. The van der Waals surface area contributed by atoms with Gasteiger partial charge in [0.15, 0.2) is 0 Å². The van der Waals surface area contributed by atoms with Crippen LogP contribution in [0.15, 0.2) is 303 Å². The Morgan fingerprint density at radius 2 is 0.570 bits per heavy atom. The summed E-state index contributed by atoms with van der Waals surface area (Å²) in [5.74, 6) is 3.68. The predicted octanol–water partition coefficient (Wildman–Crippen LogP) is 21.0. The minimum atomic E-state index is -0.690. The molecule has 0 aromatic heterocycles. The molecule has 10 nitrogen and oxygen atoms in total. The minimum Gasteiger partial charge on any atom is -0.457 e. The first-order valence-corrected chi connectivity index (χ1v) is 33.5. The Morgan fingerprint density at radius 1 is 0.270 bits per heavy atom. The van der Waals surface area contributed by atoms with Gasteiger partial charge in [-0.25, -0.2) is 4.90 Å². The number of imide groups is 2. The number of benzene rings is 14. The number of amides is 4. The highest BCUT2D eigenvalue weighted by atomic mass is 16.5. The van der Waals surface area contributed by atoms with Gasteiger partial charge in [0.25, 0.3) is 23.6 Å². The molecule has 0 unspecified atom stereocenters. The summed E-state index contributed by atoms with van der Waals surface area (Å²) in [4.78, 5) is 56.1. The van der Waals surface area contributed by atoms with Gasteiger partial charge < -0.3 is 18.9 Å². The van der Waals surface area contributed by atoms with E-state index >= 15 is 0 Å². The standard InChI is InChI=1S/C90H60N2O8/c1-54(2)55-22-34-65(35-23-55)97-66-38-28-60(29-39-66)89(81-16-8-4-12-73(81)74-13-5-9-17-82(74)89)61-30-40-67(41-31-61)98-68-42-32-64(33-43-68)92-87(95)78-47-45-72(53-80(78)88(92)96)100-70-37-25-57-49-63(27-21-59(57)51-70)90(83-18-10-6-14-75(83)76-15-7-11-19-84(76)90)62-26-20-58-50-69(36-24-56(58)48-62)99-71-44-46-77-79(52-71)86(94)91(3)85(77)93/h4-54H,1-3H3. The fraction of sp³-hybridized carbons (Fsp3) is 0.0667. The second-order valence-electron chi connectivity index (χ2n) is 26.3. The van der Waals surface area contributed by atoms with Crippen molar-refractivity contribution in [2.75, 3.05) is 11.9 Å². The highest BCUT2D eigenvalue weighted by Crippen LogP contribution is 2.59. The van der Waals surface area contributed by atoms with Gasteiger partial charge in [0, 0.05) is 7.05 Å². The van der Waals surface area contributed by atoms with Crippen LogP contribution in [0, 0.1) is 0 Å². The van der Waals surface area contributed by atoms with E-state index in [4.69, 9.17) is 18.9 Å². The molecule has 478 valence electrons. The zero-order valence-corrected chi connectivity index (χ0v) is 54.6. The zero-order valence-electron chi connectivity index (χ0n) is 54.6. The number of rotatable bonds is 14. The number of hydrogen-bond acceptors (Lipinski definition) is 8. The Hall–Kier alpha value is -12.9. The number of carbonyl (C=O) groups is 4. The summed E-state index contributed by atoms with van der Waals surface area (Å²) in [5, 5.41) is 3.97. The zero-order chi connectivity index (χ0) is 67.5. The summed E-state index contributed by atoms with van der Waals surface area (Å²) >= 11 is 0. The lowest BCUT2D eigenvalue weighted by molar-refractivity contribution is 0.0692. The predicted molar refractivity (Wildman–Crippen MR) is 390 cm³/mol. The molecule has 2 aliphatic carbocycles. The quantitative estimate of drug-likeness (QED) is 0.0990. The average Bonchev–Trinajstić information content (AvgIpc) is 1.53. The van der Waals surface area contributed by atoms with Crippen LogP contribution < -0.4 is 23.8 Å². The molecule has 0 fully saturated rings. The van der Waals surface area contributed by atoms with Gasteiger partial charge in [-0.2, -0.15) is 0 Å². The number of ether oxygens (including phenoxy) is 4. The van der Waals surface area contributed by atoms with E-state index in [1.165, 1.54) is 62.0 Å². The fourth-order valence-corrected chi connectivity index (χ4v) is 15.7. The first-order chi connectivity index (χ1) is 48.9. The van der Waals surface area contributed by atoms with Gasteiger partial charge >= 0.3 is 0 Å². The van der Waals surface area contributed by atoms with Crippen molar-refractivity contribution in [3.05, 3.63) is 376 Å². The van der Waals surface area contributed by atoms with Crippen LogP contribution in [0.1, 0.15) is 111 Å². The molecular weight excluding hydrogens is 1240 g/mol. The van der Waals surface area contributed by atoms with E-state index in [9.17, 15) is 19.2 Å². The van der Waals surface area contributed by atoms with Crippen LogP contribution in [-0.2, 0) is 10.8 Å². The molecule has 4 amide bonds. The maximum absolute atomic E-state index is 14.3. The maximum Gasteiger partial charge on any atom is 0.266 e. The Labute approximate surface area is 577 Å². The molecule has 100 heavy (non-hydrogen) atoms. The third-order valence-corrected chi connectivity index (χ3v) is 20.5. The summed E-state index contributed by atoms with van der Waals surface area (Å²) < 4.78 is 25.7. The molecule has 10 heteroatoms. The first-order valence-electron chi connectivity index (χ1n) is 33.5. The van der Waals surface area contributed by atoms with Crippen molar-refractivity contribution in [2.24, 2.45) is 0 Å². The van der Waals surface area contributed by atoms with Crippen molar-refractivity contribution >= 4 is 50.9 Å². The van der Waals surface area contributed by atoms with Crippen molar-refractivity contribution < 1.29 is 38.1 Å². The topological polar surface area (TPSA) is 112 Å². The maximum atomic E-state index is 14.3. The van der Waals surface area contributed by atoms with Gasteiger partial charge in [-0.05, 0) is 233 Å². The van der Waals surface area contributed by atoms with Crippen molar-refractivity contribution in [1.82, 2.24) is 4.90 Å². The Balaban J connectivity index is 0.584. The summed E-state index contributed by atoms with van der Waals surface area (Å²) in [7, 11) is 1.48. The molecule has 2 aliphatic heterocycles. The van der Waals surface area contributed by atoms with Crippen molar-refractivity contribution in [3.8, 4) is 68.2 Å². The molecule has 0 spiro atoms. The van der Waals surface area contributed by atoms with E-state index < -0.39 is 22.6 Å². The fourth-order valence-electron chi connectivity index (χ4n) is 15.7. The van der Waals surface area contributed by atoms with Crippen LogP contribution in [0.2, 0.25) is 0 Å². The molecule has 14 aromatic rings. The summed E-state index contributed by atoms with van der Waals surface area (Å²) in [6, 6.07) is 102. The Morgan fingerprint density at radius 3 is 1.01 bits per heavy atom. The van der Waals surface area contributed by atoms with Crippen LogP contribution in [0.25, 0.3) is 43.8 Å². The van der Waals surface area contributed by atoms with E-state index in [2.05, 4.69) is 208 Å². The summed E-state index contributed by atoms with van der Waals surface area (Å²) in [5.41, 5.74) is 15.5. The lowest BCUT2D eigenvalue weighted by Crippen LogP contribution is -2.29. The lowest BCUT2D eigenvalue weighted by Gasteiger charge is -2.34. The van der Waals surface area contributed by atoms with Crippen molar-refractivity contribution in [1.29, 1.82) is 0 Å². The van der Waals surface area contributed by atoms with Gasteiger partial charge in [-0.15, -0.1) is 0 Å². The molecule has 4 aliphatic rings. The van der Waals surface area contributed by atoms with Gasteiger partial charge in [-0.1, -0.05) is 184 Å². The molecule has 0 bridgehead atoms. The average molecular weight is 1300 g/mol. The number of anilines is 1. The van der Waals surface area contributed by atoms with Crippen LogP contribution in [0.5, 0.6) is 46.0 Å². The van der Waals surface area contributed by atoms with Gasteiger partial charge in [0.2, 0.25) is 0 Å². The minimum absolute atomic E-state index is 0.252. The van der Waals surface area contributed by atoms with Crippen molar-refractivity contribution in [3.63, 3.8) is 0 Å². The molecule has 14 aromatic carbocycles. The van der Waals surface area contributed by atoms with E-state index in [-0.39, 0.29) is 17.4 Å². The smallest absolute Gasteiger partial charge is 0.266 e. The number of nitrogens with zero attached hydrogens (tertiary/aromatic N) is 2. The van der Waals surface area contributed by atoms with E-state index in [1.54, 1.807) is 60.7 Å². The molecule has 2 heterocycles. The SMILES string of the molecule is CC(C)c1ccc(Oc2ccc(C3(c4ccc(Oc5ccc(N6C(=O)c7ccc(Oc8ccc9cc(C%10(c%11ccc%12cc(Oc%13ccc%14c(c%13)C(=O)N(C)C%14=O)ccc%12c%11)c%11ccccc%11-c%11ccccc%11%10)ccc9c8)cc7C6=O)cc5)cc4)c4ccccc4-c4ccccc43)cc2)cc1. The third kappa shape index (κ3) is 9.39. The monoisotopic (exact) mass is 1300 g/mol. The van der Waals surface area contributed by atoms with Gasteiger partial charge in [0.05, 0.1) is 38.8 Å². The normalized spacial score (nSPS) is 14.2. The molecule has 0 saturated heterocycles. The molecular formula is C90H60N2O8. The summed E-state index contributed by atoms with van der Waals surface area (Å²) in [6.07, 6.45) is 0. The van der Waals surface area contributed by atoms with Crippen molar-refractivity contribution in [2.45, 2.75) is 30.6 Å². The molecule has 0 N–H and O–H groups in total. The second-order valence-corrected chi connectivity index (χ2v) is 26.3. The Kier molecular flexibility index (Phi) is 13.8. The highest BCUT2D eigenvalue weighted by molar-refractivity contribution is 6.34. The Bertz CT molecular complexity index is 5670. The molecule has 0 saturated carbocycles. The van der Waals surface area contributed by atoms with Crippen LogP contribution in [-0.4, -0.2) is 35.6 Å². The van der Waals surface area contributed by atoms with Crippen LogP contribution >= 0.6 is 0 Å². The van der Waals surface area contributed by atoms with E-state index in [1.807, 2.05) is 48.5 Å². The number of hydrogen-bond donors (Lipinski definition) is 0. The number of carbonyl (C=O) groups excluding carboxylic acids is 4. The van der Waals surface area contributed by atoms with Crippen LogP contribution in [0.3, 0.4) is 0 Å². The molecule has 0 atom stereocenters.